The van der Waals surface area contributed by atoms with Crippen molar-refractivity contribution in [1.29, 1.82) is 0 Å². The maximum absolute atomic E-state index is 13.3. The molecule has 3 nitrogen and oxygen atoms in total. The second-order valence-corrected chi connectivity index (χ2v) is 5.24. The van der Waals surface area contributed by atoms with E-state index in [1.807, 2.05) is 0 Å². The van der Waals surface area contributed by atoms with E-state index in [2.05, 4.69) is 0 Å². The summed E-state index contributed by atoms with van der Waals surface area (Å²) in [5, 5.41) is 0.466. The number of amides is 1. The first-order valence-electron chi connectivity index (χ1n) is 6.46. The highest BCUT2D eigenvalue weighted by Gasteiger charge is 2.28. The summed E-state index contributed by atoms with van der Waals surface area (Å²) >= 11 is 5.90. The lowest BCUT2D eigenvalue weighted by molar-refractivity contribution is 0.0954. The molecule has 0 bridgehead atoms. The lowest BCUT2D eigenvalue weighted by atomic mass is 9.99. The first-order chi connectivity index (χ1) is 10.1. The maximum atomic E-state index is 13.3. The fourth-order valence-electron chi connectivity index (χ4n) is 2.42. The summed E-state index contributed by atoms with van der Waals surface area (Å²) in [6.45, 7) is 0.281. The Morgan fingerprint density at radius 2 is 2.00 bits per heavy atom. The normalized spacial score (nSPS) is 14.0. The van der Waals surface area contributed by atoms with E-state index >= 15 is 0 Å². The zero-order valence-corrected chi connectivity index (χ0v) is 11.7. The van der Waals surface area contributed by atoms with Crippen molar-refractivity contribution in [2.75, 3.05) is 11.4 Å². The molecular weight excluding hydrogens is 293 g/mol. The molecule has 0 saturated carbocycles. The largest absolute Gasteiger partial charge is 0.307 e. The predicted molar refractivity (Wildman–Crippen MR) is 78.5 cm³/mol. The molecule has 21 heavy (non-hydrogen) atoms. The Hall–Kier alpha value is -2.20. The number of anilines is 1. The second-order valence-electron chi connectivity index (χ2n) is 4.80. The molecule has 0 unspecified atom stereocenters. The number of Topliss-reactive ketones (excluding diaryl/α,β-unsaturated/α-hetero) is 1. The number of benzene rings is 2. The van der Waals surface area contributed by atoms with Crippen LogP contribution in [0.3, 0.4) is 0 Å². The number of hydrogen-bond donors (Lipinski definition) is 0. The minimum absolute atomic E-state index is 0.153. The van der Waals surface area contributed by atoms with Crippen LogP contribution < -0.4 is 4.90 Å². The first kappa shape index (κ1) is 13.8. The lowest BCUT2D eigenvalue weighted by Gasteiger charge is -2.28. The molecule has 1 aliphatic heterocycles. The quantitative estimate of drug-likeness (QED) is 0.805. The number of carbonyl (C=O) groups is 2. The Labute approximate surface area is 125 Å². The molecule has 3 rings (SSSR count). The highest BCUT2D eigenvalue weighted by atomic mass is 35.5. The zero-order valence-electron chi connectivity index (χ0n) is 11.0. The summed E-state index contributed by atoms with van der Waals surface area (Å²) in [6, 6.07) is 10.5. The van der Waals surface area contributed by atoms with E-state index in [-0.39, 0.29) is 30.2 Å². The van der Waals surface area contributed by atoms with E-state index in [1.165, 1.54) is 23.1 Å². The standard InChI is InChI=1S/C16H11ClFNO2/c17-11-3-1-2-10(8-11)16(21)19-7-6-15(20)13-9-12(18)4-5-14(13)19/h1-5,8-9H,6-7H2. The van der Waals surface area contributed by atoms with Crippen molar-refractivity contribution in [3.63, 3.8) is 0 Å². The molecule has 0 radical (unpaired) electrons. The summed E-state index contributed by atoms with van der Waals surface area (Å²) < 4.78 is 13.3. The van der Waals surface area contributed by atoms with Crippen LogP contribution in [-0.4, -0.2) is 18.2 Å². The Morgan fingerprint density at radius 3 is 2.76 bits per heavy atom. The van der Waals surface area contributed by atoms with Gasteiger partial charge < -0.3 is 4.90 Å². The van der Waals surface area contributed by atoms with Gasteiger partial charge in [0, 0.05) is 29.1 Å². The van der Waals surface area contributed by atoms with Crippen LogP contribution in [0.25, 0.3) is 0 Å². The summed E-state index contributed by atoms with van der Waals surface area (Å²) in [5.74, 6) is -0.892. The van der Waals surface area contributed by atoms with Crippen molar-refractivity contribution in [2.24, 2.45) is 0 Å². The van der Waals surface area contributed by atoms with Gasteiger partial charge in [0.2, 0.25) is 0 Å². The van der Waals surface area contributed by atoms with Crippen molar-refractivity contribution in [1.82, 2.24) is 0 Å². The molecule has 1 aliphatic rings. The van der Waals surface area contributed by atoms with Crippen LogP contribution in [0.15, 0.2) is 42.5 Å². The lowest BCUT2D eigenvalue weighted by Crippen LogP contribution is -2.37. The van der Waals surface area contributed by atoms with E-state index in [1.54, 1.807) is 24.3 Å². The Bertz CT molecular complexity index is 745. The van der Waals surface area contributed by atoms with Crippen LogP contribution >= 0.6 is 11.6 Å². The number of hydrogen-bond acceptors (Lipinski definition) is 2. The molecular formula is C16H11ClFNO2. The monoisotopic (exact) mass is 303 g/mol. The highest BCUT2D eigenvalue weighted by Crippen LogP contribution is 2.29. The molecule has 0 aromatic heterocycles. The van der Waals surface area contributed by atoms with Gasteiger partial charge in [-0.3, -0.25) is 9.59 Å². The van der Waals surface area contributed by atoms with Gasteiger partial charge in [0.1, 0.15) is 5.82 Å². The van der Waals surface area contributed by atoms with Gasteiger partial charge in [-0.25, -0.2) is 4.39 Å². The topological polar surface area (TPSA) is 37.4 Å². The van der Waals surface area contributed by atoms with Crippen molar-refractivity contribution in [2.45, 2.75) is 6.42 Å². The molecule has 1 heterocycles. The van der Waals surface area contributed by atoms with Crippen LogP contribution in [0.4, 0.5) is 10.1 Å². The Kier molecular flexibility index (Phi) is 3.47. The van der Waals surface area contributed by atoms with Gasteiger partial charge in [0.05, 0.1) is 5.69 Å². The fourth-order valence-corrected chi connectivity index (χ4v) is 2.61. The van der Waals surface area contributed by atoms with Gasteiger partial charge in [-0.2, -0.15) is 0 Å². The minimum Gasteiger partial charge on any atom is -0.307 e. The molecule has 0 N–H and O–H groups in total. The van der Waals surface area contributed by atoms with E-state index in [9.17, 15) is 14.0 Å². The van der Waals surface area contributed by atoms with Gasteiger partial charge in [-0.1, -0.05) is 17.7 Å². The van der Waals surface area contributed by atoms with Gasteiger partial charge in [0.15, 0.2) is 5.78 Å². The Morgan fingerprint density at radius 1 is 1.19 bits per heavy atom. The molecule has 0 saturated heterocycles. The van der Waals surface area contributed by atoms with E-state index in [0.717, 1.165) is 0 Å². The molecule has 0 spiro atoms. The molecule has 2 aromatic rings. The SMILES string of the molecule is O=C1CCN(C(=O)c2cccc(Cl)c2)c2ccc(F)cc21. The van der Waals surface area contributed by atoms with E-state index < -0.39 is 5.82 Å². The molecule has 5 heteroatoms. The summed E-state index contributed by atoms with van der Waals surface area (Å²) in [5.41, 5.74) is 1.13. The summed E-state index contributed by atoms with van der Waals surface area (Å²) in [6.07, 6.45) is 0.183. The smallest absolute Gasteiger partial charge is 0.258 e. The third kappa shape index (κ3) is 2.54. The first-order valence-corrected chi connectivity index (χ1v) is 6.84. The Balaban J connectivity index is 2.03. The molecule has 1 amide bonds. The van der Waals surface area contributed by atoms with Crippen molar-refractivity contribution in [3.8, 4) is 0 Å². The van der Waals surface area contributed by atoms with Crippen LogP contribution in [0.5, 0.6) is 0 Å². The minimum atomic E-state index is -0.487. The van der Waals surface area contributed by atoms with Crippen LogP contribution in [0.1, 0.15) is 27.1 Å². The number of fused-ring (bicyclic) bond motifs is 1. The maximum Gasteiger partial charge on any atom is 0.258 e. The number of ketones is 1. The van der Waals surface area contributed by atoms with Crippen molar-refractivity contribution >= 4 is 29.0 Å². The van der Waals surface area contributed by atoms with E-state index in [0.29, 0.717) is 16.3 Å². The van der Waals surface area contributed by atoms with Crippen molar-refractivity contribution < 1.29 is 14.0 Å². The second kappa shape index (κ2) is 5.30. The van der Waals surface area contributed by atoms with Gasteiger partial charge >= 0.3 is 0 Å². The molecule has 106 valence electrons. The third-order valence-electron chi connectivity index (χ3n) is 3.43. The molecule has 0 aliphatic carbocycles. The fraction of sp³-hybridized carbons (Fsp3) is 0.125. The number of halogens is 2. The number of nitrogens with zero attached hydrogens (tertiary/aromatic N) is 1. The van der Waals surface area contributed by atoms with Gasteiger partial charge in [0.25, 0.3) is 5.91 Å². The highest BCUT2D eigenvalue weighted by molar-refractivity contribution is 6.31. The van der Waals surface area contributed by atoms with Crippen LogP contribution in [0, 0.1) is 5.82 Å². The summed E-state index contributed by atoms with van der Waals surface area (Å²) in [4.78, 5) is 25.9. The molecule has 0 fully saturated rings. The van der Waals surface area contributed by atoms with Crippen LogP contribution in [0.2, 0.25) is 5.02 Å². The molecule has 2 aromatic carbocycles. The van der Waals surface area contributed by atoms with Gasteiger partial charge in [-0.05, 0) is 36.4 Å². The zero-order chi connectivity index (χ0) is 15.0. The van der Waals surface area contributed by atoms with Crippen molar-refractivity contribution in [3.05, 3.63) is 64.4 Å². The van der Waals surface area contributed by atoms with Crippen LogP contribution in [-0.2, 0) is 0 Å². The average molecular weight is 304 g/mol. The number of rotatable bonds is 1. The third-order valence-corrected chi connectivity index (χ3v) is 3.66. The predicted octanol–water partition coefficient (Wildman–Crippen LogP) is 3.71. The molecule has 0 atom stereocenters. The number of carbonyl (C=O) groups excluding carboxylic acids is 2. The summed E-state index contributed by atoms with van der Waals surface area (Å²) in [7, 11) is 0. The van der Waals surface area contributed by atoms with Gasteiger partial charge in [-0.15, -0.1) is 0 Å². The average Bonchev–Trinajstić information content (AvgIpc) is 2.47. The van der Waals surface area contributed by atoms with E-state index in [4.69, 9.17) is 11.6 Å².